The van der Waals surface area contributed by atoms with Crippen LogP contribution < -0.4 is 5.32 Å². The van der Waals surface area contributed by atoms with E-state index >= 15 is 0 Å². The molecule has 16 heavy (non-hydrogen) atoms. The fourth-order valence-electron chi connectivity index (χ4n) is 2.33. The minimum absolute atomic E-state index is 0.373. The molecule has 1 aromatic heterocycles. The maximum atomic E-state index is 3.98. The molecular weight excluding hydrogens is 200 g/mol. The van der Waals surface area contributed by atoms with E-state index in [4.69, 9.17) is 0 Å². The van der Waals surface area contributed by atoms with E-state index in [1.165, 1.54) is 31.7 Å². The predicted octanol–water partition coefficient (Wildman–Crippen LogP) is 1.40. The lowest BCUT2D eigenvalue weighted by Gasteiger charge is -2.16. The van der Waals surface area contributed by atoms with Crippen LogP contribution in [0, 0.1) is 5.92 Å². The predicted molar refractivity (Wildman–Crippen MR) is 65.2 cm³/mol. The lowest BCUT2D eigenvalue weighted by atomic mass is 10.1. The van der Waals surface area contributed by atoms with Crippen molar-refractivity contribution in [3.8, 4) is 0 Å². The molecule has 90 valence electrons. The summed E-state index contributed by atoms with van der Waals surface area (Å²) in [6, 6.07) is 2.41. The molecule has 1 saturated heterocycles. The molecule has 2 heterocycles. The summed E-state index contributed by atoms with van der Waals surface area (Å²) in [6.45, 7) is 9.23. The third-order valence-electron chi connectivity index (χ3n) is 3.52. The molecule has 1 aromatic rings. The summed E-state index contributed by atoms with van der Waals surface area (Å²) in [6.07, 6.45) is 3.14. The minimum Gasteiger partial charge on any atom is -0.309 e. The Balaban J connectivity index is 1.72. The van der Waals surface area contributed by atoms with Gasteiger partial charge in [-0.3, -0.25) is 5.10 Å². The van der Waals surface area contributed by atoms with E-state index in [9.17, 15) is 0 Å². The van der Waals surface area contributed by atoms with Crippen LogP contribution in [0.4, 0.5) is 0 Å². The van der Waals surface area contributed by atoms with Crippen molar-refractivity contribution in [2.45, 2.75) is 26.3 Å². The van der Waals surface area contributed by atoms with Gasteiger partial charge in [-0.25, -0.2) is 0 Å². The van der Waals surface area contributed by atoms with Crippen molar-refractivity contribution in [3.63, 3.8) is 0 Å². The second-order valence-electron chi connectivity index (χ2n) is 4.69. The van der Waals surface area contributed by atoms with Gasteiger partial charge in [0.15, 0.2) is 0 Å². The van der Waals surface area contributed by atoms with Gasteiger partial charge < -0.3 is 10.2 Å². The number of likely N-dealkylation sites (tertiary alicyclic amines) is 1. The molecule has 2 N–H and O–H groups in total. The van der Waals surface area contributed by atoms with Crippen molar-refractivity contribution in [1.29, 1.82) is 0 Å². The smallest absolute Gasteiger partial charge is 0.0518 e. The summed E-state index contributed by atoms with van der Waals surface area (Å²) in [4.78, 5) is 2.52. The highest BCUT2D eigenvalue weighted by molar-refractivity contribution is 5.02. The molecule has 1 aliphatic rings. The topological polar surface area (TPSA) is 44.0 Å². The van der Waals surface area contributed by atoms with Crippen molar-refractivity contribution >= 4 is 0 Å². The van der Waals surface area contributed by atoms with Crippen LogP contribution >= 0.6 is 0 Å². The first-order valence-electron chi connectivity index (χ1n) is 6.24. The van der Waals surface area contributed by atoms with Crippen LogP contribution in [-0.4, -0.2) is 41.3 Å². The van der Waals surface area contributed by atoms with Gasteiger partial charge in [0.1, 0.15) is 0 Å². The minimum atomic E-state index is 0.373. The normalized spacial score (nSPS) is 23.8. The molecule has 2 atom stereocenters. The fourth-order valence-corrected chi connectivity index (χ4v) is 2.33. The lowest BCUT2D eigenvalue weighted by Crippen LogP contribution is -2.28. The van der Waals surface area contributed by atoms with Gasteiger partial charge >= 0.3 is 0 Å². The molecule has 2 unspecified atom stereocenters. The monoisotopic (exact) mass is 222 g/mol. The maximum Gasteiger partial charge on any atom is 0.0518 e. The molecule has 4 nitrogen and oxygen atoms in total. The van der Waals surface area contributed by atoms with Crippen molar-refractivity contribution in [1.82, 2.24) is 20.4 Å². The second kappa shape index (κ2) is 5.46. The van der Waals surface area contributed by atoms with Gasteiger partial charge in [0, 0.05) is 18.8 Å². The fraction of sp³-hybridized carbons (Fsp3) is 0.750. The van der Waals surface area contributed by atoms with E-state index in [0.29, 0.717) is 6.04 Å². The van der Waals surface area contributed by atoms with Gasteiger partial charge in [-0.05, 0) is 45.0 Å². The number of hydrogen-bond donors (Lipinski definition) is 2. The quantitative estimate of drug-likeness (QED) is 0.791. The van der Waals surface area contributed by atoms with Crippen LogP contribution in [0.3, 0.4) is 0 Å². The summed E-state index contributed by atoms with van der Waals surface area (Å²) in [5.41, 5.74) is 1.17. The summed E-state index contributed by atoms with van der Waals surface area (Å²) in [5, 5.41) is 10.6. The van der Waals surface area contributed by atoms with Gasteiger partial charge in [0.25, 0.3) is 0 Å². The number of hydrogen-bond acceptors (Lipinski definition) is 3. The average Bonchev–Trinajstić information content (AvgIpc) is 2.96. The van der Waals surface area contributed by atoms with Gasteiger partial charge in [0.05, 0.1) is 5.69 Å². The molecule has 0 radical (unpaired) electrons. The Morgan fingerprint density at radius 3 is 3.19 bits per heavy atom. The number of nitrogens with zero attached hydrogens (tertiary/aromatic N) is 2. The van der Waals surface area contributed by atoms with Gasteiger partial charge in [0.2, 0.25) is 0 Å². The molecule has 4 heteroatoms. The van der Waals surface area contributed by atoms with E-state index in [0.717, 1.165) is 12.5 Å². The molecule has 0 saturated carbocycles. The van der Waals surface area contributed by atoms with E-state index in [1.807, 2.05) is 12.3 Å². The van der Waals surface area contributed by atoms with Crippen molar-refractivity contribution in [2.24, 2.45) is 5.92 Å². The van der Waals surface area contributed by atoms with Crippen LogP contribution in [0.5, 0.6) is 0 Å². The Bertz CT molecular complexity index is 296. The van der Waals surface area contributed by atoms with E-state index < -0.39 is 0 Å². The van der Waals surface area contributed by atoms with Crippen LogP contribution in [0.1, 0.15) is 32.0 Å². The van der Waals surface area contributed by atoms with Crippen LogP contribution in [0.2, 0.25) is 0 Å². The lowest BCUT2D eigenvalue weighted by molar-refractivity contribution is 0.336. The Morgan fingerprint density at radius 2 is 2.56 bits per heavy atom. The number of rotatable bonds is 5. The van der Waals surface area contributed by atoms with Crippen molar-refractivity contribution < 1.29 is 0 Å². The van der Waals surface area contributed by atoms with E-state index in [1.54, 1.807) is 0 Å². The zero-order valence-electron chi connectivity index (χ0n) is 10.2. The summed E-state index contributed by atoms with van der Waals surface area (Å²) in [5.74, 6) is 0.810. The Labute approximate surface area is 97.4 Å². The molecule has 0 aliphatic carbocycles. The Morgan fingerprint density at radius 1 is 1.69 bits per heavy atom. The SMILES string of the molecule is CCN1CCC(CNC(C)c2ccn[nH]2)C1. The van der Waals surface area contributed by atoms with Crippen molar-refractivity contribution in [2.75, 3.05) is 26.2 Å². The van der Waals surface area contributed by atoms with Crippen molar-refractivity contribution in [3.05, 3.63) is 18.0 Å². The first-order valence-corrected chi connectivity index (χ1v) is 6.24. The first kappa shape index (κ1) is 11.6. The summed E-state index contributed by atoms with van der Waals surface area (Å²) < 4.78 is 0. The molecular formula is C12H22N4. The van der Waals surface area contributed by atoms with Gasteiger partial charge in [-0.1, -0.05) is 6.92 Å². The van der Waals surface area contributed by atoms with Gasteiger partial charge in [-0.2, -0.15) is 5.10 Å². The maximum absolute atomic E-state index is 3.98. The third-order valence-corrected chi connectivity index (χ3v) is 3.52. The second-order valence-corrected chi connectivity index (χ2v) is 4.69. The van der Waals surface area contributed by atoms with Crippen LogP contribution in [0.25, 0.3) is 0 Å². The van der Waals surface area contributed by atoms with E-state index in [2.05, 4.69) is 34.3 Å². The first-order chi connectivity index (χ1) is 7.79. The molecule has 1 fully saturated rings. The molecule has 2 rings (SSSR count). The van der Waals surface area contributed by atoms with Crippen LogP contribution in [-0.2, 0) is 0 Å². The highest BCUT2D eigenvalue weighted by Gasteiger charge is 2.21. The zero-order chi connectivity index (χ0) is 11.4. The summed E-state index contributed by atoms with van der Waals surface area (Å²) >= 11 is 0. The van der Waals surface area contributed by atoms with Crippen LogP contribution in [0.15, 0.2) is 12.3 Å². The average molecular weight is 222 g/mol. The number of H-pyrrole nitrogens is 1. The zero-order valence-corrected chi connectivity index (χ0v) is 10.2. The molecule has 0 bridgehead atoms. The molecule has 0 aromatic carbocycles. The molecule has 0 spiro atoms. The third kappa shape index (κ3) is 2.83. The molecule has 0 amide bonds. The largest absolute Gasteiger partial charge is 0.309 e. The number of nitrogens with one attached hydrogen (secondary N) is 2. The Kier molecular flexibility index (Phi) is 3.96. The number of aromatic nitrogens is 2. The molecule has 1 aliphatic heterocycles. The van der Waals surface area contributed by atoms with E-state index in [-0.39, 0.29) is 0 Å². The standard InChI is InChI=1S/C12H22N4/c1-3-16-7-5-11(9-16)8-13-10(2)12-4-6-14-15-12/h4,6,10-11,13H,3,5,7-9H2,1-2H3,(H,14,15). The summed E-state index contributed by atoms with van der Waals surface area (Å²) in [7, 11) is 0. The highest BCUT2D eigenvalue weighted by Crippen LogP contribution is 2.16. The highest BCUT2D eigenvalue weighted by atomic mass is 15.2. The number of aromatic amines is 1. The Hall–Kier alpha value is -0.870. The van der Waals surface area contributed by atoms with Gasteiger partial charge in [-0.15, -0.1) is 0 Å².